The van der Waals surface area contributed by atoms with Crippen LogP contribution in [0.2, 0.25) is 0 Å². The highest BCUT2D eigenvalue weighted by Crippen LogP contribution is 2.20. The predicted octanol–water partition coefficient (Wildman–Crippen LogP) is 1.90. The summed E-state index contributed by atoms with van der Waals surface area (Å²) in [6.07, 6.45) is 0. The molecule has 0 heterocycles. The van der Waals surface area contributed by atoms with Crippen molar-refractivity contribution in [3.63, 3.8) is 0 Å². The summed E-state index contributed by atoms with van der Waals surface area (Å²) >= 11 is 0. The molecule has 74 valence electrons. The number of rotatable bonds is 0. The summed E-state index contributed by atoms with van der Waals surface area (Å²) in [4.78, 5) is 0. The summed E-state index contributed by atoms with van der Waals surface area (Å²) < 4.78 is 4.39. The van der Waals surface area contributed by atoms with Crippen LogP contribution in [0.3, 0.4) is 0 Å². The first-order chi connectivity index (χ1) is 6.02. The zero-order valence-electron chi connectivity index (χ0n) is 9.29. The molecule has 0 fully saturated rings. The maximum atomic E-state index is 4.39. The van der Waals surface area contributed by atoms with Crippen LogP contribution >= 0.6 is 0 Å². The molecule has 0 aromatic heterocycles. The summed E-state index contributed by atoms with van der Waals surface area (Å²) in [7, 11) is 2.56. The number of benzene rings is 1. The molecular weight excluding hydrogens is 176 g/mol. The van der Waals surface area contributed by atoms with Crippen LogP contribution in [-0.4, -0.2) is 17.6 Å². The van der Waals surface area contributed by atoms with Crippen LogP contribution in [0.25, 0.3) is 0 Å². The van der Waals surface area contributed by atoms with Crippen LogP contribution in [0.1, 0.15) is 26.3 Å². The van der Waals surface area contributed by atoms with Crippen molar-refractivity contribution in [2.45, 2.75) is 26.2 Å². The zero-order chi connectivity index (χ0) is 10.3. The van der Waals surface area contributed by atoms with Crippen LogP contribution < -0.4 is 0 Å². The van der Waals surface area contributed by atoms with E-state index >= 15 is 0 Å². The fraction of sp³-hybridized carbons (Fsp3) is 0.455. The van der Waals surface area contributed by atoms with Gasteiger partial charge in [0.05, 0.1) is 0 Å². The largest absolute Gasteiger partial charge is 0.431 e. The van der Waals surface area contributed by atoms with E-state index in [1.54, 1.807) is 7.11 Å². The van der Waals surface area contributed by atoms with E-state index in [0.29, 0.717) is 5.41 Å². The van der Waals surface area contributed by atoms with Crippen LogP contribution in [0.4, 0.5) is 0 Å². The van der Waals surface area contributed by atoms with Crippen LogP contribution in [0.5, 0.6) is 0 Å². The average Bonchev–Trinajstić information content (AvgIpc) is 2.06. The minimum Gasteiger partial charge on any atom is -0.431 e. The lowest BCUT2D eigenvalue weighted by Gasteiger charge is -2.18. The van der Waals surface area contributed by atoms with Gasteiger partial charge < -0.3 is 4.43 Å². The fourth-order valence-electron chi connectivity index (χ4n) is 0.938. The Morgan fingerprint density at radius 2 is 1.46 bits per heavy atom. The van der Waals surface area contributed by atoms with Gasteiger partial charge in [0.25, 0.3) is 0 Å². The Bertz CT molecular complexity index is 213. The second kappa shape index (κ2) is 5.94. The highest BCUT2D eigenvalue weighted by Gasteiger charge is 2.11. The topological polar surface area (TPSA) is 9.23 Å². The van der Waals surface area contributed by atoms with Crippen LogP contribution in [0.15, 0.2) is 30.3 Å². The molecule has 0 bridgehead atoms. The molecule has 0 saturated carbocycles. The predicted molar refractivity (Wildman–Crippen MR) is 62.1 cm³/mol. The van der Waals surface area contributed by atoms with E-state index in [1.165, 1.54) is 5.56 Å². The quantitative estimate of drug-likeness (QED) is 0.576. The molecule has 0 N–H and O–H groups in total. The van der Waals surface area contributed by atoms with Gasteiger partial charge >= 0.3 is 0 Å². The van der Waals surface area contributed by atoms with Crippen molar-refractivity contribution in [2.24, 2.45) is 0 Å². The van der Waals surface area contributed by atoms with Crippen molar-refractivity contribution in [2.75, 3.05) is 7.11 Å². The summed E-state index contributed by atoms with van der Waals surface area (Å²) in [6.45, 7) is 6.67. The third-order valence-corrected chi connectivity index (χ3v) is 1.64. The first-order valence-electron chi connectivity index (χ1n) is 4.48. The smallest absolute Gasteiger partial charge is 0.145 e. The second-order valence-corrected chi connectivity index (χ2v) is 4.84. The molecule has 1 nitrogen and oxygen atoms in total. The minimum absolute atomic E-state index is 0.293. The van der Waals surface area contributed by atoms with Crippen molar-refractivity contribution in [3.8, 4) is 0 Å². The van der Waals surface area contributed by atoms with Gasteiger partial charge in [-0.1, -0.05) is 51.1 Å². The SMILES string of the molecule is CC(C)(C)c1ccccc1.CO[SiH3]. The zero-order valence-corrected chi connectivity index (χ0v) is 11.3. The van der Waals surface area contributed by atoms with Gasteiger partial charge in [0.1, 0.15) is 10.5 Å². The first-order valence-corrected chi connectivity index (χ1v) is 5.29. The fourth-order valence-corrected chi connectivity index (χ4v) is 0.938. The third kappa shape index (κ3) is 5.61. The van der Waals surface area contributed by atoms with Gasteiger partial charge in [-0.05, 0) is 11.0 Å². The molecule has 0 amide bonds. The van der Waals surface area contributed by atoms with E-state index in [9.17, 15) is 0 Å². The van der Waals surface area contributed by atoms with E-state index in [1.807, 2.05) is 0 Å². The Labute approximate surface area is 84.7 Å². The molecule has 2 heteroatoms. The van der Waals surface area contributed by atoms with E-state index in [-0.39, 0.29) is 0 Å². The monoisotopic (exact) mass is 196 g/mol. The normalized spacial score (nSPS) is 10.5. The average molecular weight is 196 g/mol. The third-order valence-electron chi connectivity index (χ3n) is 1.64. The molecule has 0 saturated heterocycles. The van der Waals surface area contributed by atoms with Gasteiger partial charge in [0.2, 0.25) is 0 Å². The molecule has 13 heavy (non-hydrogen) atoms. The van der Waals surface area contributed by atoms with Crippen molar-refractivity contribution in [3.05, 3.63) is 35.9 Å². The van der Waals surface area contributed by atoms with Gasteiger partial charge in [0.15, 0.2) is 0 Å². The lowest BCUT2D eigenvalue weighted by molar-refractivity contribution is 0.460. The van der Waals surface area contributed by atoms with E-state index in [0.717, 1.165) is 10.5 Å². The molecular formula is C11H20OSi. The molecule has 1 rings (SSSR count). The summed E-state index contributed by atoms with van der Waals surface area (Å²) in [5.41, 5.74) is 1.69. The van der Waals surface area contributed by atoms with Gasteiger partial charge in [-0.15, -0.1) is 0 Å². The maximum Gasteiger partial charge on any atom is 0.145 e. The molecule has 0 radical (unpaired) electrons. The van der Waals surface area contributed by atoms with Gasteiger partial charge in [-0.25, -0.2) is 0 Å². The van der Waals surface area contributed by atoms with Crippen LogP contribution in [0, 0.1) is 0 Å². The van der Waals surface area contributed by atoms with E-state index in [4.69, 9.17) is 0 Å². The van der Waals surface area contributed by atoms with Gasteiger partial charge in [0, 0.05) is 7.11 Å². The van der Waals surface area contributed by atoms with Gasteiger partial charge in [-0.2, -0.15) is 0 Å². The van der Waals surface area contributed by atoms with Crippen molar-refractivity contribution >= 4 is 10.5 Å². The summed E-state index contributed by atoms with van der Waals surface area (Å²) in [5.74, 6) is 0. The standard InChI is InChI=1S/C10H14.CH6OSi/c1-10(2,3)9-7-5-4-6-8-9;1-2-3/h4-8H,1-3H3;1,3H3. The molecule has 0 atom stereocenters. The van der Waals surface area contributed by atoms with Crippen molar-refractivity contribution < 1.29 is 4.43 Å². The molecule has 0 unspecified atom stereocenters. The maximum absolute atomic E-state index is 4.39. The molecule has 0 spiro atoms. The molecule has 1 aromatic rings. The van der Waals surface area contributed by atoms with E-state index in [2.05, 4.69) is 55.5 Å². The van der Waals surface area contributed by atoms with Crippen LogP contribution in [-0.2, 0) is 9.84 Å². The Balaban J connectivity index is 0.000000424. The minimum atomic E-state index is 0.293. The lowest BCUT2D eigenvalue weighted by Crippen LogP contribution is -2.10. The lowest BCUT2D eigenvalue weighted by atomic mass is 9.87. The Kier molecular flexibility index (Phi) is 5.67. The van der Waals surface area contributed by atoms with Gasteiger partial charge in [-0.3, -0.25) is 0 Å². The molecule has 0 aliphatic rings. The Hall–Kier alpha value is -0.603. The highest BCUT2D eigenvalue weighted by molar-refractivity contribution is 5.97. The highest BCUT2D eigenvalue weighted by atomic mass is 28.2. The Morgan fingerprint density at radius 1 is 1.08 bits per heavy atom. The first kappa shape index (κ1) is 12.4. The number of hydrogen-bond donors (Lipinski definition) is 0. The molecule has 0 aliphatic carbocycles. The second-order valence-electron chi connectivity index (χ2n) is 4.02. The molecule has 0 aliphatic heterocycles. The van der Waals surface area contributed by atoms with E-state index < -0.39 is 0 Å². The number of hydrogen-bond acceptors (Lipinski definition) is 1. The summed E-state index contributed by atoms with van der Waals surface area (Å²) in [6, 6.07) is 10.6. The Morgan fingerprint density at radius 3 is 1.69 bits per heavy atom. The van der Waals surface area contributed by atoms with Crippen molar-refractivity contribution in [1.82, 2.24) is 0 Å². The van der Waals surface area contributed by atoms with Crippen molar-refractivity contribution in [1.29, 1.82) is 0 Å². The summed E-state index contributed by atoms with van der Waals surface area (Å²) in [5, 5.41) is 0. The molecule has 1 aromatic carbocycles.